The molecule has 0 heterocycles. The van der Waals surface area contributed by atoms with E-state index in [0.29, 0.717) is 19.1 Å². The number of para-hydroxylation sites is 1. The van der Waals surface area contributed by atoms with Crippen molar-refractivity contribution in [3.63, 3.8) is 0 Å². The van der Waals surface area contributed by atoms with Gasteiger partial charge in [0.1, 0.15) is 11.5 Å². The zero-order valence-electron chi connectivity index (χ0n) is 14.7. The molecule has 3 rings (SSSR count). The summed E-state index contributed by atoms with van der Waals surface area (Å²) in [7, 11) is 3.31. The molecular formula is C20H24N2O3. The molecule has 5 nitrogen and oxygen atoms in total. The number of anilines is 1. The molecular weight excluding hydrogens is 316 g/mol. The van der Waals surface area contributed by atoms with Crippen LogP contribution in [0, 0.1) is 0 Å². The SMILES string of the molecule is COc1ccc(OC)c(CN(CC(=O)Nc2ccccc2)C2CC2)c1. The fraction of sp³-hybridized carbons (Fsp3) is 0.350. The fourth-order valence-corrected chi connectivity index (χ4v) is 2.88. The van der Waals surface area contributed by atoms with Gasteiger partial charge in [-0.15, -0.1) is 0 Å². The minimum atomic E-state index is -0.0000343. The normalized spacial score (nSPS) is 13.6. The van der Waals surface area contributed by atoms with E-state index in [-0.39, 0.29) is 5.91 Å². The quantitative estimate of drug-likeness (QED) is 0.801. The van der Waals surface area contributed by atoms with Crippen molar-refractivity contribution in [3.8, 4) is 11.5 Å². The third-order valence-corrected chi connectivity index (χ3v) is 4.33. The fourth-order valence-electron chi connectivity index (χ4n) is 2.88. The molecule has 1 aliphatic carbocycles. The molecule has 0 aromatic heterocycles. The third-order valence-electron chi connectivity index (χ3n) is 4.33. The molecule has 0 atom stereocenters. The van der Waals surface area contributed by atoms with Crippen LogP contribution in [0.4, 0.5) is 5.69 Å². The summed E-state index contributed by atoms with van der Waals surface area (Å²) in [5.74, 6) is 1.61. The van der Waals surface area contributed by atoms with E-state index < -0.39 is 0 Å². The molecule has 0 radical (unpaired) electrons. The summed E-state index contributed by atoms with van der Waals surface area (Å²) in [6.07, 6.45) is 2.26. The highest BCUT2D eigenvalue weighted by Gasteiger charge is 2.31. The first-order valence-corrected chi connectivity index (χ1v) is 8.49. The Kier molecular flexibility index (Phi) is 5.56. The molecule has 0 saturated heterocycles. The van der Waals surface area contributed by atoms with E-state index in [0.717, 1.165) is 35.6 Å². The Labute approximate surface area is 148 Å². The van der Waals surface area contributed by atoms with Gasteiger partial charge in [0.05, 0.1) is 20.8 Å². The number of carbonyl (C=O) groups is 1. The third kappa shape index (κ3) is 4.73. The number of ether oxygens (including phenoxy) is 2. The van der Waals surface area contributed by atoms with Crippen LogP contribution in [0.25, 0.3) is 0 Å². The predicted molar refractivity (Wildman–Crippen MR) is 98.0 cm³/mol. The van der Waals surface area contributed by atoms with Gasteiger partial charge in [0.2, 0.25) is 5.91 Å². The molecule has 5 heteroatoms. The Balaban J connectivity index is 1.69. The first-order valence-electron chi connectivity index (χ1n) is 8.49. The average molecular weight is 340 g/mol. The van der Waals surface area contributed by atoms with E-state index in [4.69, 9.17) is 9.47 Å². The summed E-state index contributed by atoms with van der Waals surface area (Å²) >= 11 is 0. The predicted octanol–water partition coefficient (Wildman–Crippen LogP) is 3.31. The molecule has 132 valence electrons. The van der Waals surface area contributed by atoms with Crippen molar-refractivity contribution >= 4 is 11.6 Å². The van der Waals surface area contributed by atoms with Crippen molar-refractivity contribution < 1.29 is 14.3 Å². The molecule has 25 heavy (non-hydrogen) atoms. The van der Waals surface area contributed by atoms with E-state index in [1.165, 1.54) is 0 Å². The van der Waals surface area contributed by atoms with Crippen molar-refractivity contribution in [2.45, 2.75) is 25.4 Å². The summed E-state index contributed by atoms with van der Waals surface area (Å²) < 4.78 is 10.8. The zero-order chi connectivity index (χ0) is 17.6. The second kappa shape index (κ2) is 8.03. The summed E-state index contributed by atoms with van der Waals surface area (Å²) in [6.45, 7) is 1.02. The van der Waals surface area contributed by atoms with E-state index in [1.807, 2.05) is 48.5 Å². The molecule has 1 saturated carbocycles. The van der Waals surface area contributed by atoms with E-state index in [1.54, 1.807) is 14.2 Å². The second-order valence-electron chi connectivity index (χ2n) is 6.23. The molecule has 2 aromatic rings. The minimum Gasteiger partial charge on any atom is -0.497 e. The number of rotatable bonds is 8. The number of benzene rings is 2. The van der Waals surface area contributed by atoms with Gasteiger partial charge in [-0.1, -0.05) is 18.2 Å². The van der Waals surface area contributed by atoms with Crippen molar-refractivity contribution in [2.24, 2.45) is 0 Å². The van der Waals surface area contributed by atoms with Crippen LogP contribution >= 0.6 is 0 Å². The van der Waals surface area contributed by atoms with Crippen LogP contribution in [0.3, 0.4) is 0 Å². The Hall–Kier alpha value is -2.53. The summed E-state index contributed by atoms with van der Waals surface area (Å²) in [4.78, 5) is 14.6. The minimum absolute atomic E-state index is 0.0000343. The number of methoxy groups -OCH3 is 2. The van der Waals surface area contributed by atoms with Crippen LogP contribution in [0.15, 0.2) is 48.5 Å². The van der Waals surface area contributed by atoms with Crippen molar-refractivity contribution in [1.82, 2.24) is 4.90 Å². The molecule has 0 bridgehead atoms. The molecule has 1 amide bonds. The molecule has 2 aromatic carbocycles. The lowest BCUT2D eigenvalue weighted by Crippen LogP contribution is -2.34. The summed E-state index contributed by atoms with van der Waals surface area (Å²) in [5, 5.41) is 2.96. The van der Waals surface area contributed by atoms with Crippen LogP contribution in [0.2, 0.25) is 0 Å². The lowest BCUT2D eigenvalue weighted by Gasteiger charge is -2.23. The van der Waals surface area contributed by atoms with Gasteiger partial charge in [0.15, 0.2) is 0 Å². The Morgan fingerprint density at radius 1 is 1.12 bits per heavy atom. The first-order chi connectivity index (χ1) is 12.2. The number of nitrogens with zero attached hydrogens (tertiary/aromatic N) is 1. The molecule has 1 aliphatic rings. The van der Waals surface area contributed by atoms with Gasteiger partial charge in [-0.25, -0.2) is 0 Å². The lowest BCUT2D eigenvalue weighted by molar-refractivity contribution is -0.117. The van der Waals surface area contributed by atoms with Crippen LogP contribution in [0.1, 0.15) is 18.4 Å². The van der Waals surface area contributed by atoms with Gasteiger partial charge in [0, 0.05) is 23.8 Å². The molecule has 1 fully saturated rings. The average Bonchev–Trinajstić information content (AvgIpc) is 3.47. The molecule has 0 aliphatic heterocycles. The summed E-state index contributed by atoms with van der Waals surface area (Å²) in [6, 6.07) is 15.8. The maximum atomic E-state index is 12.4. The highest BCUT2D eigenvalue weighted by molar-refractivity contribution is 5.92. The topological polar surface area (TPSA) is 50.8 Å². The Morgan fingerprint density at radius 3 is 2.52 bits per heavy atom. The first kappa shape index (κ1) is 17.3. The Morgan fingerprint density at radius 2 is 1.88 bits per heavy atom. The van der Waals surface area contributed by atoms with Crippen LogP contribution in [-0.2, 0) is 11.3 Å². The molecule has 1 N–H and O–H groups in total. The van der Waals surface area contributed by atoms with Gasteiger partial charge in [0.25, 0.3) is 0 Å². The smallest absolute Gasteiger partial charge is 0.238 e. The maximum Gasteiger partial charge on any atom is 0.238 e. The van der Waals surface area contributed by atoms with Crippen LogP contribution < -0.4 is 14.8 Å². The van der Waals surface area contributed by atoms with Crippen LogP contribution in [0.5, 0.6) is 11.5 Å². The second-order valence-corrected chi connectivity index (χ2v) is 6.23. The number of carbonyl (C=O) groups excluding carboxylic acids is 1. The van der Waals surface area contributed by atoms with Gasteiger partial charge in [-0.05, 0) is 43.2 Å². The number of hydrogen-bond acceptors (Lipinski definition) is 4. The monoisotopic (exact) mass is 340 g/mol. The number of nitrogens with one attached hydrogen (secondary N) is 1. The van der Waals surface area contributed by atoms with E-state index in [2.05, 4.69) is 10.2 Å². The lowest BCUT2D eigenvalue weighted by atomic mass is 10.1. The zero-order valence-corrected chi connectivity index (χ0v) is 14.7. The highest BCUT2D eigenvalue weighted by atomic mass is 16.5. The van der Waals surface area contributed by atoms with Crippen LogP contribution in [-0.4, -0.2) is 37.6 Å². The van der Waals surface area contributed by atoms with Gasteiger partial charge >= 0.3 is 0 Å². The van der Waals surface area contributed by atoms with Crippen molar-refractivity contribution in [1.29, 1.82) is 0 Å². The van der Waals surface area contributed by atoms with Gasteiger partial charge < -0.3 is 14.8 Å². The number of amides is 1. The largest absolute Gasteiger partial charge is 0.497 e. The standard InChI is InChI=1S/C20H24N2O3/c1-24-18-10-11-19(25-2)15(12-18)13-22(17-8-9-17)14-20(23)21-16-6-4-3-5-7-16/h3-7,10-12,17H,8-9,13-14H2,1-2H3,(H,21,23). The van der Waals surface area contributed by atoms with Crippen molar-refractivity contribution in [2.75, 3.05) is 26.1 Å². The van der Waals surface area contributed by atoms with E-state index in [9.17, 15) is 4.79 Å². The summed E-state index contributed by atoms with van der Waals surface area (Å²) in [5.41, 5.74) is 1.85. The maximum absolute atomic E-state index is 12.4. The van der Waals surface area contributed by atoms with E-state index >= 15 is 0 Å². The van der Waals surface area contributed by atoms with Crippen molar-refractivity contribution in [3.05, 3.63) is 54.1 Å². The highest BCUT2D eigenvalue weighted by Crippen LogP contribution is 2.31. The molecule has 0 unspecified atom stereocenters. The van der Waals surface area contributed by atoms with Gasteiger partial charge in [-0.2, -0.15) is 0 Å². The Bertz CT molecular complexity index is 714. The number of hydrogen-bond donors (Lipinski definition) is 1. The molecule has 0 spiro atoms. The van der Waals surface area contributed by atoms with Gasteiger partial charge in [-0.3, -0.25) is 9.69 Å².